The normalized spacial score (nSPS) is 13.3. The molecule has 0 fully saturated rings. The zero-order valence-electron chi connectivity index (χ0n) is 26.5. The Hall–Kier alpha value is -5.80. The number of para-hydroxylation sites is 1. The summed E-state index contributed by atoms with van der Waals surface area (Å²) in [7, 11) is -1.36. The van der Waals surface area contributed by atoms with E-state index in [-0.39, 0.29) is 46.6 Å². The first-order valence-corrected chi connectivity index (χ1v) is 16.7. The van der Waals surface area contributed by atoms with Gasteiger partial charge in [-0.1, -0.05) is 48.9 Å². The topological polar surface area (TPSA) is 187 Å². The fourth-order valence-corrected chi connectivity index (χ4v) is 6.38. The van der Waals surface area contributed by atoms with Crippen LogP contribution in [0.2, 0.25) is 5.02 Å². The fraction of sp³-hybridized carbons (Fsp3) is 0.152. The van der Waals surface area contributed by atoms with E-state index in [0.717, 1.165) is 23.1 Å². The number of sulfonamides is 1. The molecule has 1 aliphatic heterocycles. The molecule has 4 N–H and O–H groups in total. The zero-order valence-corrected chi connectivity index (χ0v) is 28.1. The molecule has 14 nitrogen and oxygen atoms in total. The van der Waals surface area contributed by atoms with Gasteiger partial charge in [0.05, 0.1) is 42.9 Å². The second kappa shape index (κ2) is 13.7. The first-order chi connectivity index (χ1) is 23.6. The van der Waals surface area contributed by atoms with Gasteiger partial charge >= 0.3 is 0 Å². The van der Waals surface area contributed by atoms with Crippen LogP contribution in [0.4, 0.5) is 29.0 Å². The molecule has 0 radical (unpaired) electrons. The minimum atomic E-state index is -4.08. The highest BCUT2D eigenvalue weighted by molar-refractivity contribution is 7.92. The average molecular weight is 700 g/mol. The average Bonchev–Trinajstić information content (AvgIpc) is 3.37. The molecule has 0 atom stereocenters. The Kier molecular flexibility index (Phi) is 9.29. The zero-order chi connectivity index (χ0) is 34.7. The number of aromatic nitrogens is 4. The molecule has 1 amide bonds. The van der Waals surface area contributed by atoms with Gasteiger partial charge in [-0.3, -0.25) is 14.4 Å². The lowest BCUT2D eigenvalue weighted by molar-refractivity contribution is -0.112. The maximum absolute atomic E-state index is 13.7. The van der Waals surface area contributed by atoms with Gasteiger partial charge in [-0.2, -0.15) is 9.97 Å². The number of hydrogen-bond acceptors (Lipinski definition) is 12. The second-order valence-electron chi connectivity index (χ2n) is 10.5. The summed E-state index contributed by atoms with van der Waals surface area (Å²) in [5.74, 6) is 0.219. The molecule has 0 bridgehead atoms. The van der Waals surface area contributed by atoms with Gasteiger partial charge in [-0.25, -0.2) is 23.4 Å². The fourth-order valence-electron chi connectivity index (χ4n) is 5.24. The van der Waals surface area contributed by atoms with E-state index in [1.165, 1.54) is 43.4 Å². The van der Waals surface area contributed by atoms with E-state index in [2.05, 4.69) is 35.0 Å². The van der Waals surface area contributed by atoms with Crippen LogP contribution >= 0.6 is 11.6 Å². The van der Waals surface area contributed by atoms with E-state index in [4.69, 9.17) is 26.8 Å². The SMILES string of the molecule is CCc1nc(NCN2C(=O)C(=Nc3ccc(S(=O)(=O)Nc4ncnc(OC)c4OC)cc3)c3ccccc32)nc(N)c1-c1ccc(Cl)cc1. The summed E-state index contributed by atoms with van der Waals surface area (Å²) in [5.41, 5.74) is 10.5. The molecule has 3 heterocycles. The first-order valence-electron chi connectivity index (χ1n) is 14.9. The van der Waals surface area contributed by atoms with Crippen molar-refractivity contribution in [2.24, 2.45) is 4.99 Å². The quantitative estimate of drug-likeness (QED) is 0.167. The number of hydrogen-bond donors (Lipinski definition) is 3. The summed E-state index contributed by atoms with van der Waals surface area (Å²) in [4.78, 5) is 36.8. The number of aryl methyl sites for hydroxylation is 1. The Morgan fingerprint density at radius 2 is 1.69 bits per heavy atom. The van der Waals surface area contributed by atoms with Crippen molar-refractivity contribution in [2.45, 2.75) is 18.2 Å². The van der Waals surface area contributed by atoms with E-state index in [0.29, 0.717) is 34.2 Å². The molecule has 1 aliphatic rings. The van der Waals surface area contributed by atoms with Crippen LogP contribution in [0.25, 0.3) is 11.1 Å². The van der Waals surface area contributed by atoms with Gasteiger partial charge in [0.15, 0.2) is 5.82 Å². The third-order valence-electron chi connectivity index (χ3n) is 7.56. The number of nitrogens with one attached hydrogen (secondary N) is 2. The molecule has 6 rings (SSSR count). The van der Waals surface area contributed by atoms with Crippen LogP contribution in [0.1, 0.15) is 18.2 Å². The van der Waals surface area contributed by atoms with E-state index in [1.54, 1.807) is 18.2 Å². The van der Waals surface area contributed by atoms with Crippen LogP contribution < -0.4 is 30.1 Å². The van der Waals surface area contributed by atoms with Gasteiger partial charge in [0.1, 0.15) is 17.9 Å². The second-order valence-corrected chi connectivity index (χ2v) is 12.6. The first kappa shape index (κ1) is 33.1. The van der Waals surface area contributed by atoms with Crippen LogP contribution in [0, 0.1) is 0 Å². The van der Waals surface area contributed by atoms with Crippen molar-refractivity contribution in [3.05, 3.63) is 95.4 Å². The van der Waals surface area contributed by atoms with Gasteiger partial charge < -0.3 is 20.5 Å². The number of carbonyl (C=O) groups is 1. The highest BCUT2D eigenvalue weighted by Gasteiger charge is 2.34. The van der Waals surface area contributed by atoms with Crippen molar-refractivity contribution in [2.75, 3.05) is 41.6 Å². The van der Waals surface area contributed by atoms with Gasteiger partial charge in [0.2, 0.25) is 11.7 Å². The summed E-state index contributed by atoms with van der Waals surface area (Å²) < 4.78 is 39.0. The predicted octanol–water partition coefficient (Wildman–Crippen LogP) is 5.09. The lowest BCUT2D eigenvalue weighted by Crippen LogP contribution is -2.35. The Morgan fingerprint density at radius 1 is 0.959 bits per heavy atom. The van der Waals surface area contributed by atoms with Crippen LogP contribution in [-0.4, -0.2) is 60.9 Å². The number of nitrogens with two attached hydrogens (primary N) is 1. The number of nitrogens with zero attached hydrogens (tertiary/aromatic N) is 6. The van der Waals surface area contributed by atoms with Gasteiger partial charge in [0, 0.05) is 16.1 Å². The molecule has 16 heteroatoms. The Labute approximate surface area is 287 Å². The van der Waals surface area contributed by atoms with Crippen molar-refractivity contribution in [1.29, 1.82) is 0 Å². The number of anilines is 4. The molecule has 0 aliphatic carbocycles. The number of benzene rings is 3. The third-order valence-corrected chi connectivity index (χ3v) is 9.17. The van der Waals surface area contributed by atoms with Crippen molar-refractivity contribution in [3.63, 3.8) is 0 Å². The van der Waals surface area contributed by atoms with E-state index < -0.39 is 10.0 Å². The standard InChI is InChI=1S/C33H30ClN9O5S/c1-4-24-26(19-9-11-20(34)12-10-19)29(35)41-33(40-24)38-18-43-25-8-6-5-7-23(25)27(32(43)44)39-21-13-15-22(16-14-21)49(45,46)42-30-28(47-2)31(48-3)37-17-36-30/h5-17H,4,18H2,1-3H3,(H,36,37,42)(H3,35,38,40,41). The molecule has 250 valence electrons. The van der Waals surface area contributed by atoms with Crippen LogP contribution in [0.15, 0.2) is 89.0 Å². The van der Waals surface area contributed by atoms with Crippen molar-refractivity contribution in [1.82, 2.24) is 19.9 Å². The number of fused-ring (bicyclic) bond motifs is 1. The largest absolute Gasteiger partial charge is 0.489 e. The highest BCUT2D eigenvalue weighted by atomic mass is 35.5. The van der Waals surface area contributed by atoms with E-state index in [1.807, 2.05) is 37.3 Å². The summed E-state index contributed by atoms with van der Waals surface area (Å²) in [6, 6.07) is 20.3. The smallest absolute Gasteiger partial charge is 0.279 e. The summed E-state index contributed by atoms with van der Waals surface area (Å²) in [5, 5.41) is 3.74. The number of rotatable bonds is 11. The summed E-state index contributed by atoms with van der Waals surface area (Å²) in [6.45, 7) is 2.01. The summed E-state index contributed by atoms with van der Waals surface area (Å²) >= 11 is 6.06. The molecule has 0 saturated carbocycles. The van der Waals surface area contributed by atoms with Gasteiger partial charge in [-0.15, -0.1) is 0 Å². The maximum Gasteiger partial charge on any atom is 0.279 e. The monoisotopic (exact) mass is 699 g/mol. The number of nitrogen functional groups attached to an aromatic ring is 1. The molecule has 5 aromatic rings. The molecule has 0 spiro atoms. The van der Waals surface area contributed by atoms with Crippen LogP contribution in [0.5, 0.6) is 11.6 Å². The maximum atomic E-state index is 13.7. The predicted molar refractivity (Wildman–Crippen MR) is 187 cm³/mol. The number of ether oxygens (including phenoxy) is 2. The number of halogens is 1. The van der Waals surface area contributed by atoms with E-state index in [9.17, 15) is 13.2 Å². The number of methoxy groups -OCH3 is 2. The molecule has 2 aromatic heterocycles. The Bertz CT molecular complexity index is 2180. The van der Waals surface area contributed by atoms with Crippen LogP contribution in [-0.2, 0) is 21.2 Å². The van der Waals surface area contributed by atoms with Crippen molar-refractivity contribution < 1.29 is 22.7 Å². The number of carbonyl (C=O) groups excluding carboxylic acids is 1. The highest BCUT2D eigenvalue weighted by Crippen LogP contribution is 2.34. The Morgan fingerprint density at radius 3 is 2.39 bits per heavy atom. The molecule has 0 unspecified atom stereocenters. The number of amides is 1. The molecular weight excluding hydrogens is 670 g/mol. The molecular formula is C33H30ClN9O5S. The molecule has 0 saturated heterocycles. The molecule has 3 aromatic carbocycles. The van der Waals surface area contributed by atoms with Crippen LogP contribution in [0.3, 0.4) is 0 Å². The number of aliphatic imine (C=N–C) groups is 1. The third kappa shape index (κ3) is 6.66. The van der Waals surface area contributed by atoms with Gasteiger partial charge in [-0.05, 0) is 54.4 Å². The van der Waals surface area contributed by atoms with Crippen molar-refractivity contribution in [3.8, 4) is 22.8 Å². The van der Waals surface area contributed by atoms with E-state index >= 15 is 0 Å². The lowest BCUT2D eigenvalue weighted by Gasteiger charge is -2.19. The van der Waals surface area contributed by atoms with Crippen molar-refractivity contribution >= 4 is 62.2 Å². The minimum Gasteiger partial charge on any atom is -0.489 e. The summed E-state index contributed by atoms with van der Waals surface area (Å²) in [6.07, 6.45) is 1.75. The Balaban J connectivity index is 1.22. The van der Waals surface area contributed by atoms with Gasteiger partial charge in [0.25, 0.3) is 21.8 Å². The minimum absolute atomic E-state index is 0.0323. The lowest BCUT2D eigenvalue weighted by atomic mass is 10.0. The molecule has 49 heavy (non-hydrogen) atoms.